The molecule has 0 bridgehead atoms. The SMILES string of the molecule is O=C(CN1C(=O)NC2(CCc3ccccc3C2)C1=O)Nc1cccc(Cl)c1. The Morgan fingerprint density at radius 3 is 2.70 bits per heavy atom. The number of halogens is 1. The van der Waals surface area contributed by atoms with E-state index in [1.807, 2.05) is 24.3 Å². The summed E-state index contributed by atoms with van der Waals surface area (Å²) in [5, 5.41) is 5.97. The van der Waals surface area contributed by atoms with Crippen LogP contribution in [-0.4, -0.2) is 34.8 Å². The lowest BCUT2D eigenvalue weighted by atomic mass is 9.78. The van der Waals surface area contributed by atoms with E-state index < -0.39 is 17.5 Å². The quantitative estimate of drug-likeness (QED) is 0.800. The molecule has 0 aromatic heterocycles. The van der Waals surface area contributed by atoms with E-state index in [4.69, 9.17) is 11.6 Å². The molecular formula is C20H18ClN3O3. The van der Waals surface area contributed by atoms with Crippen molar-refractivity contribution in [1.82, 2.24) is 10.2 Å². The first-order valence-electron chi connectivity index (χ1n) is 8.73. The Morgan fingerprint density at radius 1 is 1.15 bits per heavy atom. The molecule has 4 amide bonds. The van der Waals surface area contributed by atoms with Gasteiger partial charge in [-0.1, -0.05) is 41.9 Å². The van der Waals surface area contributed by atoms with Crippen molar-refractivity contribution in [2.45, 2.75) is 24.8 Å². The van der Waals surface area contributed by atoms with Crippen molar-refractivity contribution in [2.24, 2.45) is 0 Å². The number of benzene rings is 2. The Labute approximate surface area is 161 Å². The highest BCUT2D eigenvalue weighted by atomic mass is 35.5. The summed E-state index contributed by atoms with van der Waals surface area (Å²) in [4.78, 5) is 38.7. The number of aryl methyl sites for hydroxylation is 1. The molecule has 7 heteroatoms. The topological polar surface area (TPSA) is 78.5 Å². The van der Waals surface area contributed by atoms with E-state index in [2.05, 4.69) is 10.6 Å². The van der Waals surface area contributed by atoms with E-state index in [0.717, 1.165) is 10.5 Å². The normalized spacial score (nSPS) is 21.1. The minimum absolute atomic E-state index is 0.333. The molecule has 1 saturated heterocycles. The lowest BCUT2D eigenvalue weighted by Crippen LogP contribution is -2.51. The number of carbonyl (C=O) groups excluding carboxylic acids is 3. The Morgan fingerprint density at radius 2 is 1.93 bits per heavy atom. The monoisotopic (exact) mass is 383 g/mol. The Kier molecular flexibility index (Phi) is 4.36. The zero-order valence-corrected chi connectivity index (χ0v) is 15.3. The number of hydrogen-bond acceptors (Lipinski definition) is 3. The highest BCUT2D eigenvalue weighted by Gasteiger charge is 2.52. The Hall–Kier alpha value is -2.86. The smallest absolute Gasteiger partial charge is 0.324 e. The number of fused-ring (bicyclic) bond motifs is 1. The molecule has 6 nitrogen and oxygen atoms in total. The van der Waals surface area contributed by atoms with Gasteiger partial charge in [-0.2, -0.15) is 0 Å². The molecule has 2 aromatic rings. The zero-order chi connectivity index (χ0) is 19.0. The number of hydrogen-bond donors (Lipinski definition) is 2. The van der Waals surface area contributed by atoms with Crippen LogP contribution < -0.4 is 10.6 Å². The van der Waals surface area contributed by atoms with Crippen LogP contribution in [0.4, 0.5) is 10.5 Å². The van der Waals surface area contributed by atoms with Crippen molar-refractivity contribution in [3.8, 4) is 0 Å². The molecule has 1 aliphatic heterocycles. The van der Waals surface area contributed by atoms with Gasteiger partial charge in [0.15, 0.2) is 0 Å². The fraction of sp³-hybridized carbons (Fsp3) is 0.250. The third-order valence-electron chi connectivity index (χ3n) is 5.09. The number of anilines is 1. The predicted molar refractivity (Wildman–Crippen MR) is 102 cm³/mol. The summed E-state index contributed by atoms with van der Waals surface area (Å²) in [7, 11) is 0. The summed E-state index contributed by atoms with van der Waals surface area (Å²) >= 11 is 5.90. The van der Waals surface area contributed by atoms with Crippen LogP contribution in [0.5, 0.6) is 0 Å². The molecule has 138 valence electrons. The Balaban J connectivity index is 1.48. The third-order valence-corrected chi connectivity index (χ3v) is 5.32. The number of imide groups is 1. The molecule has 1 atom stereocenters. The van der Waals surface area contributed by atoms with Crippen molar-refractivity contribution in [1.29, 1.82) is 0 Å². The molecule has 1 aliphatic carbocycles. The lowest BCUT2D eigenvalue weighted by Gasteiger charge is -2.32. The van der Waals surface area contributed by atoms with E-state index >= 15 is 0 Å². The zero-order valence-electron chi connectivity index (χ0n) is 14.5. The van der Waals surface area contributed by atoms with Gasteiger partial charge in [-0.3, -0.25) is 14.5 Å². The van der Waals surface area contributed by atoms with Gasteiger partial charge >= 0.3 is 6.03 Å². The van der Waals surface area contributed by atoms with Crippen LogP contribution in [0, 0.1) is 0 Å². The number of carbonyl (C=O) groups is 3. The highest BCUT2D eigenvalue weighted by Crippen LogP contribution is 2.33. The summed E-state index contributed by atoms with van der Waals surface area (Å²) < 4.78 is 0. The van der Waals surface area contributed by atoms with Crippen LogP contribution in [0.3, 0.4) is 0 Å². The number of nitrogens with one attached hydrogen (secondary N) is 2. The molecule has 0 radical (unpaired) electrons. The first kappa shape index (κ1) is 17.5. The van der Waals surface area contributed by atoms with Crippen LogP contribution in [0.25, 0.3) is 0 Å². The second kappa shape index (κ2) is 6.70. The van der Waals surface area contributed by atoms with Gasteiger partial charge < -0.3 is 10.6 Å². The van der Waals surface area contributed by atoms with E-state index in [1.165, 1.54) is 5.56 Å². The van der Waals surface area contributed by atoms with Crippen LogP contribution in [0.15, 0.2) is 48.5 Å². The summed E-state index contributed by atoms with van der Waals surface area (Å²) in [6, 6.07) is 14.1. The van der Waals surface area contributed by atoms with Crippen molar-refractivity contribution >= 4 is 35.1 Å². The second-order valence-corrected chi connectivity index (χ2v) is 7.34. The molecule has 0 saturated carbocycles. The van der Waals surface area contributed by atoms with Crippen molar-refractivity contribution in [3.05, 3.63) is 64.7 Å². The van der Waals surface area contributed by atoms with E-state index in [-0.39, 0.29) is 12.5 Å². The van der Waals surface area contributed by atoms with Crippen LogP contribution in [0.1, 0.15) is 17.5 Å². The fourth-order valence-corrected chi connectivity index (χ4v) is 3.95. The van der Waals surface area contributed by atoms with Crippen molar-refractivity contribution < 1.29 is 14.4 Å². The van der Waals surface area contributed by atoms with Gasteiger partial charge in [0.1, 0.15) is 12.1 Å². The molecule has 2 aliphatic rings. The van der Waals surface area contributed by atoms with Crippen molar-refractivity contribution in [2.75, 3.05) is 11.9 Å². The molecular weight excluding hydrogens is 366 g/mol. The maximum absolute atomic E-state index is 13.0. The largest absolute Gasteiger partial charge is 0.325 e. The average Bonchev–Trinajstić information content (AvgIpc) is 2.85. The number of nitrogens with zero attached hydrogens (tertiary/aromatic N) is 1. The van der Waals surface area contributed by atoms with Gasteiger partial charge in [0, 0.05) is 17.1 Å². The average molecular weight is 384 g/mol. The first-order valence-corrected chi connectivity index (χ1v) is 9.11. The van der Waals surface area contributed by atoms with E-state index in [0.29, 0.717) is 30.0 Å². The minimum Gasteiger partial charge on any atom is -0.324 e. The molecule has 2 N–H and O–H groups in total. The standard InChI is InChI=1S/C20H18ClN3O3/c21-15-6-3-7-16(10-15)22-17(25)12-24-18(26)20(23-19(24)27)9-8-13-4-1-2-5-14(13)11-20/h1-7,10H,8-9,11-12H2,(H,22,25)(H,23,27). The van der Waals surface area contributed by atoms with E-state index in [9.17, 15) is 14.4 Å². The molecule has 1 spiro atoms. The number of urea groups is 1. The van der Waals surface area contributed by atoms with Crippen LogP contribution >= 0.6 is 11.6 Å². The number of rotatable bonds is 3. The van der Waals surface area contributed by atoms with Gasteiger partial charge in [0.25, 0.3) is 5.91 Å². The molecule has 2 aromatic carbocycles. The predicted octanol–water partition coefficient (Wildman–Crippen LogP) is 2.76. The van der Waals surface area contributed by atoms with E-state index in [1.54, 1.807) is 24.3 Å². The lowest BCUT2D eigenvalue weighted by molar-refractivity contribution is -0.134. The maximum Gasteiger partial charge on any atom is 0.325 e. The fourth-order valence-electron chi connectivity index (χ4n) is 3.75. The van der Waals surface area contributed by atoms with Gasteiger partial charge in [-0.15, -0.1) is 0 Å². The first-order chi connectivity index (χ1) is 13.0. The molecule has 1 unspecified atom stereocenters. The summed E-state index contributed by atoms with van der Waals surface area (Å²) in [5.74, 6) is -0.794. The van der Waals surface area contributed by atoms with Gasteiger partial charge in [0.2, 0.25) is 5.91 Å². The summed E-state index contributed by atoms with van der Waals surface area (Å²) in [6.45, 7) is -0.333. The third kappa shape index (κ3) is 3.28. The maximum atomic E-state index is 13.0. The highest BCUT2D eigenvalue weighted by molar-refractivity contribution is 6.30. The molecule has 27 heavy (non-hydrogen) atoms. The van der Waals surface area contributed by atoms with Crippen molar-refractivity contribution in [3.63, 3.8) is 0 Å². The van der Waals surface area contributed by atoms with Gasteiger partial charge in [-0.05, 0) is 42.2 Å². The van der Waals surface area contributed by atoms with Crippen LogP contribution in [-0.2, 0) is 22.4 Å². The number of amides is 4. The van der Waals surface area contributed by atoms with Gasteiger partial charge in [-0.25, -0.2) is 4.79 Å². The molecule has 1 fully saturated rings. The molecule has 1 heterocycles. The molecule has 4 rings (SSSR count). The minimum atomic E-state index is -0.957. The van der Waals surface area contributed by atoms with Crippen LogP contribution in [0.2, 0.25) is 5.02 Å². The van der Waals surface area contributed by atoms with Gasteiger partial charge in [0.05, 0.1) is 0 Å². The summed E-state index contributed by atoms with van der Waals surface area (Å²) in [6.07, 6.45) is 1.69. The summed E-state index contributed by atoms with van der Waals surface area (Å²) in [5.41, 5.74) is 1.81. The second-order valence-electron chi connectivity index (χ2n) is 6.91. The Bertz CT molecular complexity index is 946.